The van der Waals surface area contributed by atoms with Gasteiger partial charge in [-0.2, -0.15) is 10.1 Å². The Labute approximate surface area is 149 Å². The van der Waals surface area contributed by atoms with Gasteiger partial charge in [-0.05, 0) is 58.3 Å². The molecule has 0 bridgehead atoms. The molecule has 2 aromatic heterocycles. The monoisotopic (exact) mass is 344 g/mol. The number of likely N-dealkylation sites (tertiary alicyclic amines) is 1. The minimum Gasteiger partial charge on any atom is -0.339 e. The van der Waals surface area contributed by atoms with Gasteiger partial charge in [-0.15, -0.1) is 0 Å². The minimum atomic E-state index is 0.413. The predicted molar refractivity (Wildman–Crippen MR) is 93.9 cm³/mol. The van der Waals surface area contributed by atoms with Gasteiger partial charge in [0.1, 0.15) is 0 Å². The first-order valence-electron chi connectivity index (χ1n) is 9.31. The zero-order valence-electron chi connectivity index (χ0n) is 15.4. The number of piperidine rings is 1. The van der Waals surface area contributed by atoms with E-state index in [1.165, 1.54) is 31.4 Å². The van der Waals surface area contributed by atoms with E-state index in [9.17, 15) is 0 Å². The highest BCUT2D eigenvalue weighted by atomic mass is 16.5. The second-order valence-electron chi connectivity index (χ2n) is 7.73. The Balaban J connectivity index is 1.42. The lowest BCUT2D eigenvalue weighted by Gasteiger charge is -2.40. The summed E-state index contributed by atoms with van der Waals surface area (Å²) in [6, 6.07) is 2.57. The summed E-state index contributed by atoms with van der Waals surface area (Å²) >= 11 is 0. The van der Waals surface area contributed by atoms with Gasteiger partial charge in [0, 0.05) is 25.7 Å². The number of aryl methyl sites for hydroxylation is 1. The Kier molecular flexibility index (Phi) is 4.60. The summed E-state index contributed by atoms with van der Waals surface area (Å²) in [7, 11) is 6.42. The van der Waals surface area contributed by atoms with Crippen LogP contribution in [0.15, 0.2) is 16.8 Å². The Morgan fingerprint density at radius 3 is 2.84 bits per heavy atom. The van der Waals surface area contributed by atoms with Crippen LogP contribution in [0.3, 0.4) is 0 Å². The number of aromatic nitrogens is 4. The van der Waals surface area contributed by atoms with Crippen LogP contribution in [0.5, 0.6) is 0 Å². The molecule has 0 aromatic carbocycles. The number of rotatable bonds is 6. The van der Waals surface area contributed by atoms with Crippen LogP contribution >= 0.6 is 0 Å². The number of hydrogen-bond acceptors (Lipinski definition) is 6. The molecule has 1 saturated carbocycles. The van der Waals surface area contributed by atoms with Gasteiger partial charge < -0.3 is 4.52 Å². The molecule has 0 amide bonds. The lowest BCUT2D eigenvalue weighted by molar-refractivity contribution is 0.0864. The second kappa shape index (κ2) is 6.88. The molecule has 0 radical (unpaired) electrons. The average molecular weight is 344 g/mol. The maximum Gasteiger partial charge on any atom is 0.229 e. The lowest BCUT2D eigenvalue weighted by atomic mass is 9.87. The van der Waals surface area contributed by atoms with E-state index in [0.29, 0.717) is 17.9 Å². The first kappa shape index (κ1) is 16.7. The molecule has 7 nitrogen and oxygen atoms in total. The van der Waals surface area contributed by atoms with Crippen LogP contribution in [0.4, 0.5) is 0 Å². The summed E-state index contributed by atoms with van der Waals surface area (Å²) in [5.74, 6) is 2.74. The molecule has 0 N–H and O–H groups in total. The molecule has 2 aromatic rings. The van der Waals surface area contributed by atoms with E-state index >= 15 is 0 Å². The molecule has 2 aliphatic rings. The molecule has 4 rings (SSSR count). The first-order valence-corrected chi connectivity index (χ1v) is 9.31. The van der Waals surface area contributed by atoms with Crippen LogP contribution in [-0.4, -0.2) is 56.9 Å². The highest BCUT2D eigenvalue weighted by molar-refractivity contribution is 5.10. The molecule has 2 fully saturated rings. The normalized spacial score (nSPS) is 25.0. The van der Waals surface area contributed by atoms with Crippen molar-refractivity contribution in [2.24, 2.45) is 13.0 Å². The summed E-state index contributed by atoms with van der Waals surface area (Å²) in [5.41, 5.74) is 1.30. The van der Waals surface area contributed by atoms with E-state index in [0.717, 1.165) is 31.3 Å². The molecule has 0 spiro atoms. The summed E-state index contributed by atoms with van der Waals surface area (Å²) in [6.45, 7) is 2.91. The molecule has 3 heterocycles. The van der Waals surface area contributed by atoms with Gasteiger partial charge in [-0.3, -0.25) is 14.5 Å². The zero-order chi connectivity index (χ0) is 17.4. The smallest absolute Gasteiger partial charge is 0.229 e. The third kappa shape index (κ3) is 3.62. The fourth-order valence-electron chi connectivity index (χ4n) is 4.13. The van der Waals surface area contributed by atoms with Crippen LogP contribution in [-0.2, 0) is 13.6 Å². The standard InChI is InChI=1S/C18H28N6O/c1-22(12-16-20-18(25-21-16)13-6-7-13)11-14-5-4-10-23(2)17(14)15-8-9-19-24(15)3/h8-9,13-14,17H,4-7,10-12H2,1-3H3/t14-,17+/m0/s1. The number of nitrogens with zero attached hydrogens (tertiary/aromatic N) is 6. The van der Waals surface area contributed by atoms with Crippen molar-refractivity contribution in [1.29, 1.82) is 0 Å². The van der Waals surface area contributed by atoms with Crippen molar-refractivity contribution < 1.29 is 4.52 Å². The first-order chi connectivity index (χ1) is 12.1. The van der Waals surface area contributed by atoms with Crippen LogP contribution in [0.2, 0.25) is 0 Å². The Morgan fingerprint density at radius 2 is 2.12 bits per heavy atom. The van der Waals surface area contributed by atoms with E-state index in [4.69, 9.17) is 4.52 Å². The fourth-order valence-corrected chi connectivity index (χ4v) is 4.13. The molecular formula is C18H28N6O. The van der Waals surface area contributed by atoms with Crippen molar-refractivity contribution in [3.8, 4) is 0 Å². The highest BCUT2D eigenvalue weighted by Crippen LogP contribution is 2.39. The van der Waals surface area contributed by atoms with E-state index in [-0.39, 0.29) is 0 Å². The molecule has 1 aliphatic heterocycles. The van der Waals surface area contributed by atoms with Gasteiger partial charge >= 0.3 is 0 Å². The zero-order valence-corrected chi connectivity index (χ0v) is 15.4. The average Bonchev–Trinajstić information content (AvgIpc) is 3.19. The summed E-state index contributed by atoms with van der Waals surface area (Å²) in [5, 5.41) is 8.53. The van der Waals surface area contributed by atoms with Gasteiger partial charge in [0.25, 0.3) is 0 Å². The topological polar surface area (TPSA) is 63.2 Å². The molecule has 136 valence electrons. The van der Waals surface area contributed by atoms with Gasteiger partial charge in [0.15, 0.2) is 5.82 Å². The Bertz CT molecular complexity index is 706. The van der Waals surface area contributed by atoms with Crippen molar-refractivity contribution in [1.82, 2.24) is 29.7 Å². The van der Waals surface area contributed by atoms with Gasteiger partial charge in [-0.25, -0.2) is 0 Å². The number of hydrogen-bond donors (Lipinski definition) is 0. The molecule has 1 saturated heterocycles. The van der Waals surface area contributed by atoms with Crippen LogP contribution in [0.1, 0.15) is 55.1 Å². The second-order valence-corrected chi connectivity index (χ2v) is 7.73. The lowest BCUT2D eigenvalue weighted by Crippen LogP contribution is -2.41. The van der Waals surface area contributed by atoms with Gasteiger partial charge in [0.05, 0.1) is 18.3 Å². The summed E-state index contributed by atoms with van der Waals surface area (Å²) in [4.78, 5) is 9.36. The molecule has 1 aliphatic carbocycles. The van der Waals surface area contributed by atoms with Gasteiger partial charge in [0.2, 0.25) is 5.89 Å². The fraction of sp³-hybridized carbons (Fsp3) is 0.722. The minimum absolute atomic E-state index is 0.413. The van der Waals surface area contributed by atoms with Crippen LogP contribution in [0, 0.1) is 5.92 Å². The van der Waals surface area contributed by atoms with Crippen molar-refractivity contribution in [3.63, 3.8) is 0 Å². The quantitative estimate of drug-likeness (QED) is 0.800. The van der Waals surface area contributed by atoms with Crippen LogP contribution in [0.25, 0.3) is 0 Å². The van der Waals surface area contributed by atoms with Crippen molar-refractivity contribution >= 4 is 0 Å². The molecular weight excluding hydrogens is 316 g/mol. The molecule has 0 unspecified atom stereocenters. The largest absolute Gasteiger partial charge is 0.339 e. The van der Waals surface area contributed by atoms with E-state index in [1.807, 2.05) is 17.9 Å². The van der Waals surface area contributed by atoms with Crippen molar-refractivity contribution in [2.45, 2.75) is 44.2 Å². The predicted octanol–water partition coefficient (Wildman–Crippen LogP) is 2.20. The Morgan fingerprint density at radius 1 is 1.28 bits per heavy atom. The third-order valence-electron chi connectivity index (χ3n) is 5.54. The van der Waals surface area contributed by atoms with Crippen LogP contribution < -0.4 is 0 Å². The molecule has 2 atom stereocenters. The SMILES string of the molecule is CN(Cc1noc(C2CC2)n1)C[C@@H]1CCCN(C)[C@H]1c1ccnn1C. The van der Waals surface area contributed by atoms with E-state index < -0.39 is 0 Å². The van der Waals surface area contributed by atoms with E-state index in [1.54, 1.807) is 0 Å². The summed E-state index contributed by atoms with van der Waals surface area (Å²) in [6.07, 6.45) is 6.77. The maximum atomic E-state index is 5.38. The Hall–Kier alpha value is -1.73. The summed E-state index contributed by atoms with van der Waals surface area (Å²) < 4.78 is 7.40. The highest BCUT2D eigenvalue weighted by Gasteiger charge is 2.33. The van der Waals surface area contributed by atoms with E-state index in [2.05, 4.69) is 45.2 Å². The molecule has 25 heavy (non-hydrogen) atoms. The molecule has 7 heteroatoms. The van der Waals surface area contributed by atoms with Crippen molar-refractivity contribution in [3.05, 3.63) is 29.7 Å². The maximum absolute atomic E-state index is 5.38. The third-order valence-corrected chi connectivity index (χ3v) is 5.54. The van der Waals surface area contributed by atoms with Gasteiger partial charge in [-0.1, -0.05) is 5.16 Å². The van der Waals surface area contributed by atoms with Crippen molar-refractivity contribution in [2.75, 3.05) is 27.2 Å².